The van der Waals surface area contributed by atoms with Crippen LogP contribution in [0.3, 0.4) is 0 Å². The number of nitrogens with zero attached hydrogens (tertiary/aromatic N) is 1. The van der Waals surface area contributed by atoms with Gasteiger partial charge >= 0.3 is 5.97 Å². The van der Waals surface area contributed by atoms with E-state index in [4.69, 9.17) is 0 Å². The fourth-order valence-electron chi connectivity index (χ4n) is 3.02. The molecule has 1 aliphatic heterocycles. The van der Waals surface area contributed by atoms with Crippen LogP contribution in [0.25, 0.3) is 10.8 Å². The molecule has 1 heterocycles. The Morgan fingerprint density at radius 3 is 2.54 bits per heavy atom. The number of rotatable bonds is 5. The zero-order valence-corrected chi connectivity index (χ0v) is 13.4. The van der Waals surface area contributed by atoms with E-state index in [-0.39, 0.29) is 12.3 Å². The molecule has 0 bridgehead atoms. The molecule has 2 aromatic carbocycles. The van der Waals surface area contributed by atoms with Gasteiger partial charge in [0, 0.05) is 31.9 Å². The predicted molar refractivity (Wildman–Crippen MR) is 93.1 cm³/mol. The van der Waals surface area contributed by atoms with E-state index in [0.717, 1.165) is 23.9 Å². The number of piperazine rings is 1. The average molecular weight is 327 g/mol. The lowest BCUT2D eigenvalue weighted by Gasteiger charge is -2.32. The van der Waals surface area contributed by atoms with Crippen LogP contribution in [0.5, 0.6) is 0 Å². The van der Waals surface area contributed by atoms with Gasteiger partial charge in [-0.1, -0.05) is 30.3 Å². The molecular formula is C18H21N3O3. The zero-order chi connectivity index (χ0) is 16.9. The molecule has 1 aliphatic rings. The van der Waals surface area contributed by atoms with Crippen molar-refractivity contribution in [3.8, 4) is 0 Å². The topological polar surface area (TPSA) is 81.7 Å². The summed E-state index contributed by atoms with van der Waals surface area (Å²) in [4.78, 5) is 25.7. The largest absolute Gasteiger partial charge is 0.480 e. The maximum Gasteiger partial charge on any atom is 0.321 e. The molecule has 126 valence electrons. The second-order valence-corrected chi connectivity index (χ2v) is 5.95. The summed E-state index contributed by atoms with van der Waals surface area (Å²) in [6.45, 7) is 2.77. The molecule has 3 rings (SSSR count). The van der Waals surface area contributed by atoms with Crippen LogP contribution in [0.15, 0.2) is 42.5 Å². The SMILES string of the molecule is O=C(C[C@@H](C(=O)O)N1CCNCC1)Nc1ccc2ccccc2c1. The number of anilines is 1. The molecule has 3 N–H and O–H groups in total. The summed E-state index contributed by atoms with van der Waals surface area (Å²) in [5.41, 5.74) is 0.683. The van der Waals surface area contributed by atoms with E-state index in [1.807, 2.05) is 47.4 Å². The number of fused-ring (bicyclic) bond motifs is 1. The van der Waals surface area contributed by atoms with Crippen molar-refractivity contribution in [2.75, 3.05) is 31.5 Å². The van der Waals surface area contributed by atoms with Gasteiger partial charge in [-0.2, -0.15) is 0 Å². The Morgan fingerprint density at radius 2 is 1.83 bits per heavy atom. The summed E-state index contributed by atoms with van der Waals surface area (Å²) in [5.74, 6) is -1.23. The summed E-state index contributed by atoms with van der Waals surface area (Å²) in [6.07, 6.45) is -0.0534. The molecule has 2 aromatic rings. The van der Waals surface area contributed by atoms with Crippen molar-refractivity contribution in [2.24, 2.45) is 0 Å². The summed E-state index contributed by atoms with van der Waals surface area (Å²) in [7, 11) is 0. The van der Waals surface area contributed by atoms with Crippen LogP contribution in [0.1, 0.15) is 6.42 Å². The average Bonchev–Trinajstić information content (AvgIpc) is 2.60. The van der Waals surface area contributed by atoms with Crippen molar-refractivity contribution >= 4 is 28.3 Å². The summed E-state index contributed by atoms with van der Waals surface area (Å²) in [6, 6.07) is 12.8. The molecule has 1 amide bonds. The van der Waals surface area contributed by atoms with Gasteiger partial charge in [0.1, 0.15) is 6.04 Å². The van der Waals surface area contributed by atoms with E-state index in [0.29, 0.717) is 18.8 Å². The number of aliphatic carboxylic acids is 1. The van der Waals surface area contributed by atoms with Crippen molar-refractivity contribution < 1.29 is 14.7 Å². The Hall–Kier alpha value is -2.44. The molecule has 1 fully saturated rings. The maximum atomic E-state index is 12.3. The Kier molecular flexibility index (Phi) is 5.08. The van der Waals surface area contributed by atoms with E-state index in [1.165, 1.54) is 0 Å². The van der Waals surface area contributed by atoms with Gasteiger partial charge in [-0.25, -0.2) is 0 Å². The van der Waals surface area contributed by atoms with Gasteiger partial charge in [0.2, 0.25) is 5.91 Å². The second kappa shape index (κ2) is 7.42. The van der Waals surface area contributed by atoms with Crippen molar-refractivity contribution in [2.45, 2.75) is 12.5 Å². The van der Waals surface area contributed by atoms with Gasteiger partial charge in [0.05, 0.1) is 6.42 Å². The third-order valence-corrected chi connectivity index (χ3v) is 4.29. The van der Waals surface area contributed by atoms with Crippen LogP contribution in [0.2, 0.25) is 0 Å². The van der Waals surface area contributed by atoms with Gasteiger partial charge < -0.3 is 15.7 Å². The first-order valence-corrected chi connectivity index (χ1v) is 8.10. The number of carbonyl (C=O) groups is 2. The second-order valence-electron chi connectivity index (χ2n) is 5.95. The molecule has 1 saturated heterocycles. The number of carbonyl (C=O) groups excluding carboxylic acids is 1. The van der Waals surface area contributed by atoms with Gasteiger partial charge in [0.25, 0.3) is 0 Å². The predicted octanol–water partition coefficient (Wildman–Crippen LogP) is 1.53. The minimum atomic E-state index is -0.953. The first kappa shape index (κ1) is 16.4. The van der Waals surface area contributed by atoms with E-state index in [9.17, 15) is 14.7 Å². The first-order valence-electron chi connectivity index (χ1n) is 8.10. The molecule has 0 radical (unpaired) electrons. The van der Waals surface area contributed by atoms with E-state index in [1.54, 1.807) is 0 Å². The minimum Gasteiger partial charge on any atom is -0.480 e. The van der Waals surface area contributed by atoms with Gasteiger partial charge in [0.15, 0.2) is 0 Å². The first-order chi connectivity index (χ1) is 11.6. The third-order valence-electron chi connectivity index (χ3n) is 4.29. The summed E-state index contributed by atoms with van der Waals surface area (Å²) >= 11 is 0. The monoisotopic (exact) mass is 327 g/mol. The number of hydrogen-bond donors (Lipinski definition) is 3. The molecule has 0 aliphatic carbocycles. The van der Waals surface area contributed by atoms with Gasteiger partial charge in [-0.3, -0.25) is 14.5 Å². The van der Waals surface area contributed by atoms with Crippen LogP contribution < -0.4 is 10.6 Å². The van der Waals surface area contributed by atoms with E-state index in [2.05, 4.69) is 10.6 Å². The molecule has 0 unspecified atom stereocenters. The lowest BCUT2D eigenvalue weighted by molar-refractivity contribution is -0.145. The van der Waals surface area contributed by atoms with Crippen LogP contribution in [-0.4, -0.2) is 54.1 Å². The summed E-state index contributed by atoms with van der Waals surface area (Å²) in [5, 5.41) is 17.6. The van der Waals surface area contributed by atoms with Crippen molar-refractivity contribution in [3.63, 3.8) is 0 Å². The van der Waals surface area contributed by atoms with E-state index >= 15 is 0 Å². The van der Waals surface area contributed by atoms with Crippen molar-refractivity contribution in [1.29, 1.82) is 0 Å². The Balaban J connectivity index is 1.67. The highest BCUT2D eigenvalue weighted by molar-refractivity contribution is 5.96. The lowest BCUT2D eigenvalue weighted by atomic mass is 10.1. The fraction of sp³-hybridized carbons (Fsp3) is 0.333. The van der Waals surface area contributed by atoms with Crippen LogP contribution in [0, 0.1) is 0 Å². The van der Waals surface area contributed by atoms with Gasteiger partial charge in [-0.05, 0) is 22.9 Å². The molecule has 24 heavy (non-hydrogen) atoms. The smallest absolute Gasteiger partial charge is 0.321 e. The highest BCUT2D eigenvalue weighted by atomic mass is 16.4. The molecule has 6 nitrogen and oxygen atoms in total. The lowest BCUT2D eigenvalue weighted by Crippen LogP contribution is -2.52. The highest BCUT2D eigenvalue weighted by Crippen LogP contribution is 2.19. The molecule has 6 heteroatoms. The number of carboxylic acid groups (broad SMARTS) is 1. The quantitative estimate of drug-likeness (QED) is 0.776. The molecule has 0 spiro atoms. The molecule has 0 aromatic heterocycles. The molecule has 1 atom stereocenters. The van der Waals surface area contributed by atoms with Crippen LogP contribution in [-0.2, 0) is 9.59 Å². The van der Waals surface area contributed by atoms with Crippen molar-refractivity contribution in [3.05, 3.63) is 42.5 Å². The minimum absolute atomic E-state index is 0.0534. The molecular weight excluding hydrogens is 306 g/mol. The van der Waals surface area contributed by atoms with Crippen LogP contribution >= 0.6 is 0 Å². The molecule has 0 saturated carbocycles. The van der Waals surface area contributed by atoms with Gasteiger partial charge in [-0.15, -0.1) is 0 Å². The van der Waals surface area contributed by atoms with Crippen molar-refractivity contribution in [1.82, 2.24) is 10.2 Å². The van der Waals surface area contributed by atoms with Crippen LogP contribution in [0.4, 0.5) is 5.69 Å². The Bertz CT molecular complexity index is 741. The maximum absolute atomic E-state index is 12.3. The Labute approximate surface area is 140 Å². The Morgan fingerprint density at radius 1 is 1.12 bits per heavy atom. The number of carboxylic acids is 1. The third kappa shape index (κ3) is 3.90. The summed E-state index contributed by atoms with van der Waals surface area (Å²) < 4.78 is 0. The number of hydrogen-bond acceptors (Lipinski definition) is 4. The fourth-order valence-corrected chi connectivity index (χ4v) is 3.02. The van der Waals surface area contributed by atoms with E-state index < -0.39 is 12.0 Å². The number of benzene rings is 2. The standard InChI is InChI=1S/C18H21N3O3/c22-17(12-16(18(23)24)21-9-7-19-8-10-21)20-15-6-5-13-3-1-2-4-14(13)11-15/h1-6,11,16,19H,7-10,12H2,(H,20,22)(H,23,24)/t16-/m0/s1. The number of amides is 1. The number of nitrogens with one attached hydrogen (secondary N) is 2. The zero-order valence-electron chi connectivity index (χ0n) is 13.4. The normalized spacial score (nSPS) is 16.7. The highest BCUT2D eigenvalue weighted by Gasteiger charge is 2.29.